The van der Waals surface area contributed by atoms with E-state index in [1.807, 2.05) is 31.2 Å². The van der Waals surface area contributed by atoms with Crippen LogP contribution in [0.1, 0.15) is 31.8 Å². The fourth-order valence-corrected chi connectivity index (χ4v) is 2.70. The minimum Gasteiger partial charge on any atom is -0.373 e. The highest BCUT2D eigenvalue weighted by Gasteiger charge is 2.19. The first-order chi connectivity index (χ1) is 13.9. The zero-order valence-corrected chi connectivity index (χ0v) is 16.4. The Morgan fingerprint density at radius 1 is 0.931 bits per heavy atom. The summed E-state index contributed by atoms with van der Waals surface area (Å²) in [5, 5.41) is 20.1. The highest BCUT2D eigenvalue weighted by Crippen LogP contribution is 2.18. The minimum absolute atomic E-state index is 0.259. The first kappa shape index (κ1) is 19.8. The van der Waals surface area contributed by atoms with Gasteiger partial charge in [-0.05, 0) is 31.2 Å². The molecule has 0 saturated heterocycles. The van der Waals surface area contributed by atoms with Gasteiger partial charge in [-0.3, -0.25) is 19.7 Å². The SMILES string of the molecule is CNC(=N)c1ccc(C(=O)Nc2c(C(=O)Nc3ccc(C)cc3)cnn2C)cc1. The molecule has 1 heterocycles. The molecule has 8 heteroatoms. The predicted octanol–water partition coefficient (Wildman–Crippen LogP) is 2.78. The molecular weight excluding hydrogens is 368 g/mol. The Morgan fingerprint density at radius 3 is 2.17 bits per heavy atom. The van der Waals surface area contributed by atoms with Crippen molar-refractivity contribution in [2.24, 2.45) is 7.05 Å². The number of rotatable bonds is 5. The van der Waals surface area contributed by atoms with Crippen molar-refractivity contribution in [2.45, 2.75) is 6.92 Å². The Labute approximate surface area is 168 Å². The van der Waals surface area contributed by atoms with Crippen molar-refractivity contribution in [1.29, 1.82) is 5.41 Å². The van der Waals surface area contributed by atoms with Crippen molar-refractivity contribution < 1.29 is 9.59 Å². The molecule has 2 amide bonds. The van der Waals surface area contributed by atoms with Gasteiger partial charge in [0.05, 0.1) is 6.20 Å². The van der Waals surface area contributed by atoms with E-state index < -0.39 is 0 Å². The van der Waals surface area contributed by atoms with Gasteiger partial charge in [0.1, 0.15) is 17.2 Å². The summed E-state index contributed by atoms with van der Waals surface area (Å²) in [5.74, 6) is -0.180. The van der Waals surface area contributed by atoms with Crippen molar-refractivity contribution in [3.63, 3.8) is 0 Å². The van der Waals surface area contributed by atoms with Crippen LogP contribution in [0.3, 0.4) is 0 Å². The minimum atomic E-state index is -0.375. The summed E-state index contributed by atoms with van der Waals surface area (Å²) in [6.45, 7) is 1.97. The molecule has 1 aromatic heterocycles. The summed E-state index contributed by atoms with van der Waals surface area (Å²) in [4.78, 5) is 25.3. The highest BCUT2D eigenvalue weighted by molar-refractivity contribution is 6.12. The third-order valence-corrected chi connectivity index (χ3v) is 4.41. The Bertz CT molecular complexity index is 1050. The molecule has 0 unspecified atom stereocenters. The lowest BCUT2D eigenvalue weighted by Crippen LogP contribution is -2.20. The van der Waals surface area contributed by atoms with Crippen molar-refractivity contribution in [1.82, 2.24) is 15.1 Å². The van der Waals surface area contributed by atoms with E-state index in [2.05, 4.69) is 21.0 Å². The maximum absolute atomic E-state index is 12.7. The van der Waals surface area contributed by atoms with Crippen LogP contribution >= 0.6 is 0 Å². The number of nitrogens with one attached hydrogen (secondary N) is 4. The lowest BCUT2D eigenvalue weighted by Gasteiger charge is -2.10. The molecule has 0 atom stereocenters. The number of hydrogen-bond acceptors (Lipinski definition) is 4. The molecule has 0 aliphatic heterocycles. The Kier molecular flexibility index (Phi) is 5.73. The topological polar surface area (TPSA) is 112 Å². The second kappa shape index (κ2) is 8.39. The van der Waals surface area contributed by atoms with Crippen LogP contribution < -0.4 is 16.0 Å². The first-order valence-electron chi connectivity index (χ1n) is 8.97. The molecule has 8 nitrogen and oxygen atoms in total. The van der Waals surface area contributed by atoms with Gasteiger partial charge in [-0.25, -0.2) is 0 Å². The number of carbonyl (C=O) groups excluding carboxylic acids is 2. The summed E-state index contributed by atoms with van der Waals surface area (Å²) in [6, 6.07) is 14.0. The molecule has 29 heavy (non-hydrogen) atoms. The summed E-state index contributed by atoms with van der Waals surface area (Å²) in [6.07, 6.45) is 1.41. The van der Waals surface area contributed by atoms with Crippen LogP contribution in [-0.2, 0) is 7.05 Å². The van der Waals surface area contributed by atoms with Crippen molar-refractivity contribution in [3.8, 4) is 0 Å². The molecule has 4 N–H and O–H groups in total. The van der Waals surface area contributed by atoms with Crippen LogP contribution in [0.5, 0.6) is 0 Å². The molecule has 0 aliphatic rings. The maximum atomic E-state index is 12.7. The van der Waals surface area contributed by atoms with E-state index in [-0.39, 0.29) is 23.2 Å². The smallest absolute Gasteiger partial charge is 0.261 e. The Balaban J connectivity index is 1.76. The molecular formula is C21H22N6O2. The number of amidine groups is 1. The number of anilines is 2. The quantitative estimate of drug-likeness (QED) is 0.396. The van der Waals surface area contributed by atoms with Crippen LogP contribution in [0.4, 0.5) is 11.5 Å². The largest absolute Gasteiger partial charge is 0.373 e. The van der Waals surface area contributed by atoms with Gasteiger partial charge in [0.25, 0.3) is 11.8 Å². The van der Waals surface area contributed by atoms with Crippen LogP contribution in [0.15, 0.2) is 54.7 Å². The van der Waals surface area contributed by atoms with Crippen LogP contribution in [0.2, 0.25) is 0 Å². The number of nitrogens with zero attached hydrogens (tertiary/aromatic N) is 2. The average Bonchev–Trinajstić information content (AvgIpc) is 3.09. The van der Waals surface area contributed by atoms with E-state index in [0.717, 1.165) is 5.56 Å². The molecule has 0 fully saturated rings. The van der Waals surface area contributed by atoms with E-state index in [1.165, 1.54) is 10.9 Å². The summed E-state index contributed by atoms with van der Waals surface area (Å²) in [7, 11) is 3.31. The van der Waals surface area contributed by atoms with E-state index in [0.29, 0.717) is 22.6 Å². The lowest BCUT2D eigenvalue weighted by molar-refractivity contribution is 0.102. The maximum Gasteiger partial charge on any atom is 0.261 e. The molecule has 0 aliphatic carbocycles. The summed E-state index contributed by atoms with van der Waals surface area (Å²) < 4.78 is 1.44. The van der Waals surface area contributed by atoms with Gasteiger partial charge in [-0.2, -0.15) is 5.10 Å². The van der Waals surface area contributed by atoms with E-state index in [4.69, 9.17) is 5.41 Å². The molecule has 2 aromatic carbocycles. The average molecular weight is 390 g/mol. The third kappa shape index (κ3) is 4.49. The molecule has 3 rings (SSSR count). The summed E-state index contributed by atoms with van der Waals surface area (Å²) >= 11 is 0. The Morgan fingerprint density at radius 2 is 1.55 bits per heavy atom. The number of amides is 2. The zero-order valence-electron chi connectivity index (χ0n) is 16.4. The van der Waals surface area contributed by atoms with Gasteiger partial charge in [0.15, 0.2) is 0 Å². The van der Waals surface area contributed by atoms with Crippen LogP contribution in [-0.4, -0.2) is 34.5 Å². The normalized spacial score (nSPS) is 10.3. The van der Waals surface area contributed by atoms with E-state index >= 15 is 0 Å². The molecule has 148 valence electrons. The molecule has 3 aromatic rings. The van der Waals surface area contributed by atoms with Gasteiger partial charge >= 0.3 is 0 Å². The number of aryl methyl sites for hydroxylation is 2. The monoisotopic (exact) mass is 390 g/mol. The van der Waals surface area contributed by atoms with Crippen LogP contribution in [0.25, 0.3) is 0 Å². The molecule has 0 radical (unpaired) electrons. The number of aromatic nitrogens is 2. The van der Waals surface area contributed by atoms with Gasteiger partial charge in [0.2, 0.25) is 0 Å². The fourth-order valence-electron chi connectivity index (χ4n) is 2.70. The summed E-state index contributed by atoms with van der Waals surface area (Å²) in [5.41, 5.74) is 3.08. The molecule has 0 bridgehead atoms. The third-order valence-electron chi connectivity index (χ3n) is 4.41. The fraction of sp³-hybridized carbons (Fsp3) is 0.143. The number of benzene rings is 2. The standard InChI is InChI=1S/C21H22N6O2/c1-13-4-10-16(11-5-13)25-21(29)17-12-24-27(3)19(17)26-20(28)15-8-6-14(7-9-15)18(22)23-2/h4-12H,1-3H3,(H2,22,23)(H,25,29)(H,26,28). The predicted molar refractivity (Wildman–Crippen MR) is 113 cm³/mol. The van der Waals surface area contributed by atoms with Gasteiger partial charge in [-0.1, -0.05) is 29.8 Å². The second-order valence-electron chi connectivity index (χ2n) is 6.51. The molecule has 0 saturated carbocycles. The van der Waals surface area contributed by atoms with Crippen molar-refractivity contribution in [3.05, 3.63) is 77.0 Å². The molecule has 0 spiro atoms. The second-order valence-corrected chi connectivity index (χ2v) is 6.51. The lowest BCUT2D eigenvalue weighted by atomic mass is 10.1. The number of hydrogen-bond donors (Lipinski definition) is 4. The van der Waals surface area contributed by atoms with Gasteiger partial charge < -0.3 is 16.0 Å². The van der Waals surface area contributed by atoms with Crippen LogP contribution in [0, 0.1) is 12.3 Å². The first-order valence-corrected chi connectivity index (χ1v) is 8.97. The zero-order chi connectivity index (χ0) is 21.0. The number of carbonyl (C=O) groups is 2. The van der Waals surface area contributed by atoms with E-state index in [9.17, 15) is 9.59 Å². The highest BCUT2D eigenvalue weighted by atomic mass is 16.2. The van der Waals surface area contributed by atoms with Crippen molar-refractivity contribution >= 4 is 29.2 Å². The van der Waals surface area contributed by atoms with Crippen molar-refractivity contribution in [2.75, 3.05) is 17.7 Å². The van der Waals surface area contributed by atoms with Gasteiger partial charge in [-0.15, -0.1) is 0 Å². The Hall–Kier alpha value is -3.94. The van der Waals surface area contributed by atoms with E-state index in [1.54, 1.807) is 38.4 Å². The van der Waals surface area contributed by atoms with Gasteiger partial charge in [0, 0.05) is 30.9 Å².